The van der Waals surface area contributed by atoms with Gasteiger partial charge in [0.05, 0.1) is 22.8 Å². The van der Waals surface area contributed by atoms with Crippen LogP contribution in [0.4, 0.5) is 5.82 Å². The van der Waals surface area contributed by atoms with Crippen LogP contribution >= 0.6 is 35.3 Å². The second-order valence-electron chi connectivity index (χ2n) is 9.37. The summed E-state index contributed by atoms with van der Waals surface area (Å²) in [6.07, 6.45) is 5.17. The van der Waals surface area contributed by atoms with E-state index in [1.165, 1.54) is 23.6 Å². The number of piperidine rings is 1. The van der Waals surface area contributed by atoms with E-state index in [1.54, 1.807) is 6.07 Å². The van der Waals surface area contributed by atoms with Crippen LogP contribution in [0.5, 0.6) is 0 Å². The number of rotatable bonds is 5. The van der Waals surface area contributed by atoms with Crippen molar-refractivity contribution in [3.63, 3.8) is 0 Å². The average molecular weight is 555 g/mol. The summed E-state index contributed by atoms with van der Waals surface area (Å²) in [5.41, 5.74) is 0.999. The molecule has 2 aromatic heterocycles. The third-order valence-electron chi connectivity index (χ3n) is 6.63. The molecule has 2 aromatic rings. The molecule has 1 saturated carbocycles. The van der Waals surface area contributed by atoms with Gasteiger partial charge in [-0.1, -0.05) is 11.6 Å². The number of thiazole rings is 1. The Hall–Kier alpha value is -2.31. The summed E-state index contributed by atoms with van der Waals surface area (Å²) in [5, 5.41) is 9.28. The maximum atomic E-state index is 13.1. The van der Waals surface area contributed by atoms with Crippen LogP contribution in [0.1, 0.15) is 39.6 Å². The fourth-order valence-corrected chi connectivity index (χ4v) is 5.78. The third-order valence-corrected chi connectivity index (χ3v) is 7.94. The van der Waals surface area contributed by atoms with Crippen LogP contribution < -0.4 is 16.0 Å². The largest absolute Gasteiger partial charge is 0.344 e. The summed E-state index contributed by atoms with van der Waals surface area (Å²) in [4.78, 5) is 52.5. The lowest BCUT2D eigenvalue weighted by Crippen LogP contribution is -2.61. The summed E-state index contributed by atoms with van der Waals surface area (Å²) < 4.78 is 0. The molecule has 3 aliphatic rings. The Bertz CT molecular complexity index is 1130. The van der Waals surface area contributed by atoms with Gasteiger partial charge in [-0.15, -0.1) is 23.7 Å². The Morgan fingerprint density at radius 1 is 1.08 bits per heavy atom. The van der Waals surface area contributed by atoms with Crippen LogP contribution in [-0.2, 0) is 22.6 Å². The normalized spacial score (nSPS) is 22.2. The first-order valence-electron chi connectivity index (χ1n) is 11.8. The monoisotopic (exact) mass is 553 g/mol. The minimum Gasteiger partial charge on any atom is -0.344 e. The molecule has 3 N–H and O–H groups in total. The molecule has 1 aliphatic carbocycles. The molecule has 10 nitrogen and oxygen atoms in total. The molecular formula is C23H29Cl2N7O3S. The molecule has 194 valence electrons. The number of aromatic nitrogens is 2. The summed E-state index contributed by atoms with van der Waals surface area (Å²) in [5.74, 6) is -1.57. The van der Waals surface area contributed by atoms with Crippen LogP contribution in [0.2, 0.25) is 5.02 Å². The van der Waals surface area contributed by atoms with Gasteiger partial charge in [-0.25, -0.2) is 9.97 Å². The number of halogens is 2. The number of amides is 3. The molecule has 2 aliphatic heterocycles. The van der Waals surface area contributed by atoms with Gasteiger partial charge in [0.1, 0.15) is 5.82 Å². The van der Waals surface area contributed by atoms with Crippen LogP contribution in [0, 0.1) is 0 Å². The SMILES string of the molecule is CN1CCc2nc(C(=O)N[C@@H]3CN(C4CC4)CC[C@@H]3NC(=O)C(=O)Nc3ccc(Cl)cn3)sc2C1.Cl. The van der Waals surface area contributed by atoms with Gasteiger partial charge in [-0.05, 0) is 38.4 Å². The van der Waals surface area contributed by atoms with Gasteiger partial charge in [0.15, 0.2) is 5.01 Å². The topological polar surface area (TPSA) is 120 Å². The zero-order chi connectivity index (χ0) is 24.5. The molecule has 2 atom stereocenters. The second-order valence-corrected chi connectivity index (χ2v) is 10.9. The molecule has 3 amide bonds. The Kier molecular flexibility index (Phi) is 8.46. The Morgan fingerprint density at radius 2 is 1.89 bits per heavy atom. The molecule has 0 unspecified atom stereocenters. The molecule has 0 bridgehead atoms. The molecular weight excluding hydrogens is 525 g/mol. The van der Waals surface area contributed by atoms with Crippen molar-refractivity contribution < 1.29 is 14.4 Å². The minimum atomic E-state index is -0.814. The van der Waals surface area contributed by atoms with Gasteiger partial charge in [0.2, 0.25) is 0 Å². The van der Waals surface area contributed by atoms with Crippen LogP contribution in [-0.4, -0.2) is 82.3 Å². The number of carbonyl (C=O) groups is 3. The molecule has 2 fully saturated rings. The zero-order valence-electron chi connectivity index (χ0n) is 19.8. The molecule has 1 saturated heterocycles. The fourth-order valence-electron chi connectivity index (χ4n) is 4.57. The number of likely N-dealkylation sites (tertiary alicyclic amines) is 1. The van der Waals surface area contributed by atoms with Crippen LogP contribution in [0.25, 0.3) is 0 Å². The van der Waals surface area contributed by atoms with E-state index in [0.717, 1.165) is 49.5 Å². The molecule has 5 rings (SSSR count). The Labute approximate surface area is 224 Å². The highest BCUT2D eigenvalue weighted by Crippen LogP contribution is 2.30. The highest BCUT2D eigenvalue weighted by Gasteiger charge is 2.39. The van der Waals surface area contributed by atoms with Crippen molar-refractivity contribution in [3.05, 3.63) is 38.9 Å². The molecule has 4 heterocycles. The number of carbonyl (C=O) groups excluding carboxylic acids is 3. The quantitative estimate of drug-likeness (QED) is 0.482. The van der Waals surface area contributed by atoms with Crippen molar-refractivity contribution in [2.24, 2.45) is 0 Å². The van der Waals surface area contributed by atoms with E-state index in [2.05, 4.69) is 42.8 Å². The van der Waals surface area contributed by atoms with Crippen molar-refractivity contribution in [1.82, 2.24) is 30.4 Å². The van der Waals surface area contributed by atoms with Crippen molar-refractivity contribution >= 4 is 58.9 Å². The maximum absolute atomic E-state index is 13.1. The number of nitrogens with one attached hydrogen (secondary N) is 3. The molecule has 0 spiro atoms. The maximum Gasteiger partial charge on any atom is 0.314 e. The number of likely N-dealkylation sites (N-methyl/N-ethyl adjacent to an activating group) is 1. The van der Waals surface area contributed by atoms with E-state index >= 15 is 0 Å². The van der Waals surface area contributed by atoms with Gasteiger partial charge in [0.25, 0.3) is 5.91 Å². The first kappa shape index (κ1) is 26.7. The lowest BCUT2D eigenvalue weighted by atomic mass is 9.98. The number of nitrogens with zero attached hydrogens (tertiary/aromatic N) is 4. The van der Waals surface area contributed by atoms with Crippen LogP contribution in [0.15, 0.2) is 18.3 Å². The average Bonchev–Trinajstić information content (AvgIpc) is 3.60. The fraction of sp³-hybridized carbons (Fsp3) is 0.522. The van der Waals surface area contributed by atoms with E-state index < -0.39 is 11.8 Å². The predicted octanol–water partition coefficient (Wildman–Crippen LogP) is 1.69. The lowest BCUT2D eigenvalue weighted by Gasteiger charge is -2.39. The number of hydrogen-bond donors (Lipinski definition) is 3. The van der Waals surface area contributed by atoms with E-state index in [0.29, 0.717) is 29.0 Å². The van der Waals surface area contributed by atoms with Gasteiger partial charge in [0, 0.05) is 49.7 Å². The summed E-state index contributed by atoms with van der Waals surface area (Å²) in [7, 11) is 2.06. The third kappa shape index (κ3) is 6.33. The minimum absolute atomic E-state index is 0. The Morgan fingerprint density at radius 3 is 2.61 bits per heavy atom. The van der Waals surface area contributed by atoms with Gasteiger partial charge >= 0.3 is 11.8 Å². The lowest BCUT2D eigenvalue weighted by molar-refractivity contribution is -0.137. The second kappa shape index (κ2) is 11.4. The molecule has 0 aromatic carbocycles. The smallest absolute Gasteiger partial charge is 0.314 e. The van der Waals surface area contributed by atoms with Crippen molar-refractivity contribution in [1.29, 1.82) is 0 Å². The van der Waals surface area contributed by atoms with Crippen LogP contribution in [0.3, 0.4) is 0 Å². The number of anilines is 1. The molecule has 13 heteroatoms. The first-order valence-corrected chi connectivity index (χ1v) is 13.0. The van der Waals surface area contributed by atoms with E-state index in [1.807, 2.05) is 0 Å². The van der Waals surface area contributed by atoms with Crippen molar-refractivity contribution in [2.45, 2.75) is 50.4 Å². The van der Waals surface area contributed by atoms with Crippen molar-refractivity contribution in [2.75, 3.05) is 32.0 Å². The van der Waals surface area contributed by atoms with Gasteiger partial charge in [-0.2, -0.15) is 0 Å². The standard InChI is InChI=1S/C23H28ClN7O3S.ClH/c1-30-8-6-16-18(12-30)35-23(28-16)22(34)27-17-11-31(14-3-4-14)9-7-15(17)26-20(32)21(33)29-19-5-2-13(24)10-25-19;/h2,5,10,14-15,17H,3-4,6-9,11-12H2,1H3,(H,26,32)(H,27,34)(H,25,29,33);1H/t15-,17+;/m0./s1. The predicted molar refractivity (Wildman–Crippen MR) is 140 cm³/mol. The first-order chi connectivity index (χ1) is 16.9. The highest BCUT2D eigenvalue weighted by molar-refractivity contribution is 7.13. The highest BCUT2D eigenvalue weighted by atomic mass is 35.5. The zero-order valence-corrected chi connectivity index (χ0v) is 22.2. The number of hydrogen-bond acceptors (Lipinski definition) is 8. The van der Waals surface area contributed by atoms with E-state index in [-0.39, 0.29) is 36.2 Å². The summed E-state index contributed by atoms with van der Waals surface area (Å²) >= 11 is 7.25. The molecule has 36 heavy (non-hydrogen) atoms. The molecule has 0 radical (unpaired) electrons. The summed E-state index contributed by atoms with van der Waals surface area (Å²) in [6.45, 7) is 3.16. The van der Waals surface area contributed by atoms with Gasteiger partial charge in [-0.3, -0.25) is 19.3 Å². The van der Waals surface area contributed by atoms with E-state index in [4.69, 9.17) is 11.6 Å². The van der Waals surface area contributed by atoms with E-state index in [9.17, 15) is 14.4 Å². The number of pyridine rings is 1. The van der Waals surface area contributed by atoms with Crippen molar-refractivity contribution in [3.8, 4) is 0 Å². The Balaban J connectivity index is 0.00000304. The summed E-state index contributed by atoms with van der Waals surface area (Å²) in [6, 6.07) is 2.94. The van der Waals surface area contributed by atoms with Gasteiger partial charge < -0.3 is 20.9 Å². The number of fused-ring (bicyclic) bond motifs is 1.